The molecule has 0 saturated carbocycles. The van der Waals surface area contributed by atoms with Crippen LogP contribution < -0.4 is 5.09 Å². The third kappa shape index (κ3) is 4.48. The Hall–Kier alpha value is -0.400. The van der Waals surface area contributed by atoms with Gasteiger partial charge in [0.25, 0.3) is 8.53 Å². The van der Waals surface area contributed by atoms with Gasteiger partial charge >= 0.3 is 0 Å². The zero-order valence-electron chi connectivity index (χ0n) is 5.83. The molecule has 6 heteroatoms. The van der Waals surface area contributed by atoms with Crippen molar-refractivity contribution in [3.8, 4) is 6.19 Å². The van der Waals surface area contributed by atoms with Crippen LogP contribution in [0.25, 0.3) is 0 Å². The molecule has 1 unspecified atom stereocenters. The predicted octanol–water partition coefficient (Wildman–Crippen LogP) is 0.551. The minimum atomic E-state index is -1.30. The highest BCUT2D eigenvalue weighted by Crippen LogP contribution is 2.30. The molecule has 0 aliphatic rings. The first kappa shape index (κ1) is 9.60. The van der Waals surface area contributed by atoms with Crippen LogP contribution in [-0.2, 0) is 13.8 Å². The molecule has 0 aromatic carbocycles. The van der Waals surface area contributed by atoms with Gasteiger partial charge in [0.15, 0.2) is 13.0 Å². The fraction of sp³-hybridized carbons (Fsp3) is 0.750. The molecule has 58 valence electrons. The minimum absolute atomic E-state index is 0.119. The maximum Gasteiger partial charge on any atom is 0.298 e. The molecule has 10 heavy (non-hydrogen) atoms. The van der Waals surface area contributed by atoms with Crippen molar-refractivity contribution >= 4 is 8.53 Å². The molecule has 0 amide bonds. The molecule has 0 saturated heterocycles. The monoisotopic (exact) mass is 164 g/mol. The predicted molar refractivity (Wildman–Crippen MR) is 35.6 cm³/mol. The van der Waals surface area contributed by atoms with Crippen molar-refractivity contribution in [3.63, 3.8) is 0 Å². The highest BCUT2D eigenvalue weighted by molar-refractivity contribution is 7.45. The van der Waals surface area contributed by atoms with E-state index in [4.69, 9.17) is 14.3 Å². The fourth-order valence-electron chi connectivity index (χ4n) is 0.272. The van der Waals surface area contributed by atoms with Gasteiger partial charge in [0.05, 0.1) is 0 Å². The third-order valence-electron chi connectivity index (χ3n) is 0.595. The number of nitrogens with zero attached hydrogens (tertiary/aromatic N) is 1. The molecule has 1 atom stereocenters. The third-order valence-corrected chi connectivity index (χ3v) is 1.55. The molecule has 0 aliphatic heterocycles. The summed E-state index contributed by atoms with van der Waals surface area (Å²) in [5.74, 6) is 0. The van der Waals surface area contributed by atoms with E-state index in [9.17, 15) is 0 Å². The van der Waals surface area contributed by atoms with E-state index in [0.29, 0.717) is 0 Å². The Morgan fingerprint density at radius 3 is 2.70 bits per heavy atom. The van der Waals surface area contributed by atoms with Crippen LogP contribution in [0.4, 0.5) is 0 Å². The summed E-state index contributed by atoms with van der Waals surface area (Å²) in [7, 11) is 1.65. The first-order chi connectivity index (χ1) is 4.85. The average Bonchev–Trinajstić information content (AvgIpc) is 1.98. The first-order valence-electron chi connectivity index (χ1n) is 2.46. The van der Waals surface area contributed by atoms with Gasteiger partial charge in [-0.2, -0.15) is 5.26 Å². The van der Waals surface area contributed by atoms with Crippen molar-refractivity contribution in [2.24, 2.45) is 0 Å². The highest BCUT2D eigenvalue weighted by Gasteiger charge is 2.05. The van der Waals surface area contributed by atoms with Gasteiger partial charge in [-0.1, -0.05) is 0 Å². The van der Waals surface area contributed by atoms with Gasteiger partial charge in [-0.05, 0) is 0 Å². The van der Waals surface area contributed by atoms with Gasteiger partial charge in [0.2, 0.25) is 0 Å². The van der Waals surface area contributed by atoms with Crippen molar-refractivity contribution in [2.75, 3.05) is 21.0 Å². The molecule has 0 heterocycles. The smallest absolute Gasteiger partial charge is 0.298 e. The zero-order valence-corrected chi connectivity index (χ0v) is 6.72. The van der Waals surface area contributed by atoms with Gasteiger partial charge in [0.1, 0.15) is 0 Å². The van der Waals surface area contributed by atoms with Crippen LogP contribution in [-0.4, -0.2) is 21.0 Å². The number of hydrogen-bond donors (Lipinski definition) is 1. The van der Waals surface area contributed by atoms with Crippen LogP contribution >= 0.6 is 8.53 Å². The molecule has 0 fully saturated rings. The Labute approximate surface area is 60.8 Å². The Bertz CT molecular complexity index is 116. The minimum Gasteiger partial charge on any atom is -0.358 e. The van der Waals surface area contributed by atoms with Crippen LogP contribution in [0.2, 0.25) is 0 Å². The largest absolute Gasteiger partial charge is 0.358 e. The molecule has 0 aromatic rings. The molecule has 1 N–H and O–H groups in total. The summed E-state index contributed by atoms with van der Waals surface area (Å²) in [5, 5.41) is 10.4. The van der Waals surface area contributed by atoms with Crippen LogP contribution in [0.15, 0.2) is 0 Å². The lowest BCUT2D eigenvalue weighted by molar-refractivity contribution is 0.0492. The van der Waals surface area contributed by atoms with Gasteiger partial charge < -0.3 is 9.26 Å². The Morgan fingerprint density at radius 2 is 2.30 bits per heavy atom. The van der Waals surface area contributed by atoms with Crippen LogP contribution in [0.5, 0.6) is 0 Å². The molecular formula is C4H9N2O3P. The van der Waals surface area contributed by atoms with E-state index in [2.05, 4.69) is 9.82 Å². The van der Waals surface area contributed by atoms with Crippen molar-refractivity contribution in [1.82, 2.24) is 5.09 Å². The quantitative estimate of drug-likeness (QED) is 0.278. The normalized spacial score (nSPS) is 12.1. The summed E-state index contributed by atoms with van der Waals surface area (Å²) in [6.45, 7) is 0.119. The lowest BCUT2D eigenvalue weighted by Crippen LogP contribution is -2.03. The van der Waals surface area contributed by atoms with Crippen molar-refractivity contribution in [1.29, 1.82) is 5.26 Å². The van der Waals surface area contributed by atoms with Crippen LogP contribution in [0, 0.1) is 11.5 Å². The summed E-state index contributed by atoms with van der Waals surface area (Å²) in [6.07, 6.45) is 1.70. The van der Waals surface area contributed by atoms with Gasteiger partial charge in [-0.3, -0.25) is 9.61 Å². The van der Waals surface area contributed by atoms with E-state index < -0.39 is 8.53 Å². The summed E-state index contributed by atoms with van der Waals surface area (Å²) >= 11 is 0. The van der Waals surface area contributed by atoms with E-state index in [1.165, 1.54) is 14.2 Å². The van der Waals surface area contributed by atoms with Crippen molar-refractivity contribution in [2.45, 2.75) is 0 Å². The Morgan fingerprint density at radius 1 is 1.60 bits per heavy atom. The van der Waals surface area contributed by atoms with Crippen molar-refractivity contribution in [3.05, 3.63) is 0 Å². The zero-order chi connectivity index (χ0) is 7.82. The molecule has 0 rings (SSSR count). The molecule has 0 radical (unpaired) electrons. The second-order valence-electron chi connectivity index (χ2n) is 1.20. The summed E-state index contributed by atoms with van der Waals surface area (Å²) in [5.41, 5.74) is 0. The summed E-state index contributed by atoms with van der Waals surface area (Å²) in [6, 6.07) is 0. The molecule has 5 nitrogen and oxygen atoms in total. The number of rotatable bonds is 5. The number of hydrogen-bond acceptors (Lipinski definition) is 5. The van der Waals surface area contributed by atoms with E-state index in [0.717, 1.165) is 0 Å². The number of nitriles is 1. The molecule has 0 bridgehead atoms. The van der Waals surface area contributed by atoms with Crippen LogP contribution in [0.3, 0.4) is 0 Å². The Kier molecular flexibility index (Phi) is 6.45. The topological polar surface area (TPSA) is 63.5 Å². The summed E-state index contributed by atoms with van der Waals surface area (Å²) < 4.78 is 14.2. The second-order valence-corrected chi connectivity index (χ2v) is 2.56. The molecular weight excluding hydrogens is 155 g/mol. The lowest BCUT2D eigenvalue weighted by Gasteiger charge is -2.09. The SMILES string of the molecule is COCOP(NC#N)OC. The van der Waals surface area contributed by atoms with Crippen molar-refractivity contribution < 1.29 is 13.8 Å². The maximum absolute atomic E-state index is 8.12. The van der Waals surface area contributed by atoms with Gasteiger partial charge in [-0.25, -0.2) is 0 Å². The maximum atomic E-state index is 8.12. The standard InChI is InChI=1S/C4H9N2O3P/c1-7-4-9-10(8-2)6-3-5/h6H,4H2,1-2H3. The van der Waals surface area contributed by atoms with Crippen LogP contribution in [0.1, 0.15) is 0 Å². The highest BCUT2D eigenvalue weighted by atomic mass is 31.2. The average molecular weight is 164 g/mol. The van der Waals surface area contributed by atoms with E-state index in [1.807, 2.05) is 0 Å². The number of methoxy groups -OCH3 is 1. The number of nitrogens with one attached hydrogen (secondary N) is 1. The number of ether oxygens (including phenoxy) is 1. The van der Waals surface area contributed by atoms with E-state index in [-0.39, 0.29) is 6.79 Å². The first-order valence-corrected chi connectivity index (χ1v) is 3.63. The van der Waals surface area contributed by atoms with E-state index in [1.54, 1.807) is 6.19 Å². The van der Waals surface area contributed by atoms with Gasteiger partial charge in [-0.15, -0.1) is 0 Å². The molecule has 0 aromatic heterocycles. The molecule has 0 aliphatic carbocycles. The fourth-order valence-corrected chi connectivity index (χ4v) is 0.816. The molecule has 0 spiro atoms. The van der Waals surface area contributed by atoms with Gasteiger partial charge in [0, 0.05) is 14.2 Å². The second kappa shape index (κ2) is 6.72. The summed E-state index contributed by atoms with van der Waals surface area (Å²) in [4.78, 5) is 0. The Balaban J connectivity index is 3.32. The van der Waals surface area contributed by atoms with E-state index >= 15 is 0 Å². The lowest BCUT2D eigenvalue weighted by atomic mass is 11.4.